The number of hydrogen-bond donors (Lipinski definition) is 2. The predicted octanol–water partition coefficient (Wildman–Crippen LogP) is 2.19. The molecule has 4 nitrogen and oxygen atoms in total. The van der Waals surface area contributed by atoms with Gasteiger partial charge in [0, 0.05) is 37.2 Å². The first-order chi connectivity index (χ1) is 10.3. The number of hydrogen-bond acceptors (Lipinski definition) is 4. The lowest BCUT2D eigenvalue weighted by molar-refractivity contribution is 0.107. The molecule has 0 aromatic carbocycles. The van der Waals surface area contributed by atoms with E-state index in [0.29, 0.717) is 6.04 Å². The number of rotatable bonds is 4. The molecule has 1 aromatic heterocycles. The molecule has 2 aliphatic rings. The van der Waals surface area contributed by atoms with Crippen molar-refractivity contribution in [3.8, 4) is 0 Å². The molecule has 0 unspecified atom stereocenters. The summed E-state index contributed by atoms with van der Waals surface area (Å²) in [5.74, 6) is 0.770. The Balaban J connectivity index is 1.38. The van der Waals surface area contributed by atoms with E-state index in [9.17, 15) is 5.11 Å². The molecule has 1 saturated heterocycles. The van der Waals surface area contributed by atoms with Gasteiger partial charge in [-0.05, 0) is 63.1 Å². The first kappa shape index (κ1) is 14.8. The van der Waals surface area contributed by atoms with Crippen molar-refractivity contribution in [3.05, 3.63) is 24.5 Å². The lowest BCUT2D eigenvalue weighted by Crippen LogP contribution is -2.44. The van der Waals surface area contributed by atoms with Gasteiger partial charge in [-0.15, -0.1) is 0 Å². The highest BCUT2D eigenvalue weighted by molar-refractivity contribution is 5.44. The summed E-state index contributed by atoms with van der Waals surface area (Å²) in [6.45, 7) is 3.39. The predicted molar refractivity (Wildman–Crippen MR) is 85.4 cm³/mol. The lowest BCUT2D eigenvalue weighted by Gasteiger charge is -2.35. The number of aliphatic hydroxyl groups is 1. The van der Waals surface area contributed by atoms with E-state index >= 15 is 0 Å². The number of aromatic nitrogens is 1. The van der Waals surface area contributed by atoms with Gasteiger partial charge >= 0.3 is 0 Å². The lowest BCUT2D eigenvalue weighted by atomic mass is 9.87. The third kappa shape index (κ3) is 4.17. The molecule has 3 rings (SSSR count). The summed E-state index contributed by atoms with van der Waals surface area (Å²) < 4.78 is 0. The van der Waals surface area contributed by atoms with Gasteiger partial charge in [0.15, 0.2) is 0 Å². The van der Waals surface area contributed by atoms with Crippen LogP contribution in [0.3, 0.4) is 0 Å². The zero-order valence-corrected chi connectivity index (χ0v) is 12.7. The standard InChI is InChI=1S/C17H27N3O/c21-17-3-1-14(2-4-17)13-19-15-7-11-20(12-8-15)16-5-9-18-10-6-16/h5-6,9-10,14-15,17,19,21H,1-4,7-8,11-13H2. The first-order valence-electron chi connectivity index (χ1n) is 8.37. The van der Waals surface area contributed by atoms with Crippen molar-refractivity contribution in [3.63, 3.8) is 0 Å². The Morgan fingerprint density at radius 1 is 1.05 bits per heavy atom. The van der Waals surface area contributed by atoms with Gasteiger partial charge in [-0.25, -0.2) is 0 Å². The highest BCUT2D eigenvalue weighted by Crippen LogP contribution is 2.24. The molecule has 21 heavy (non-hydrogen) atoms. The quantitative estimate of drug-likeness (QED) is 0.892. The van der Waals surface area contributed by atoms with Crippen LogP contribution in [0.2, 0.25) is 0 Å². The second-order valence-corrected chi connectivity index (χ2v) is 6.55. The van der Waals surface area contributed by atoms with Gasteiger partial charge in [-0.3, -0.25) is 4.98 Å². The monoisotopic (exact) mass is 289 g/mol. The number of pyridine rings is 1. The summed E-state index contributed by atoms with van der Waals surface area (Å²) in [6, 6.07) is 4.86. The van der Waals surface area contributed by atoms with Crippen LogP contribution in [0, 0.1) is 5.92 Å². The Hall–Kier alpha value is -1.13. The van der Waals surface area contributed by atoms with Crippen LogP contribution < -0.4 is 10.2 Å². The summed E-state index contributed by atoms with van der Waals surface area (Å²) in [4.78, 5) is 6.54. The van der Waals surface area contributed by atoms with Crippen LogP contribution >= 0.6 is 0 Å². The van der Waals surface area contributed by atoms with Gasteiger partial charge in [0.05, 0.1) is 6.10 Å². The molecule has 1 aliphatic heterocycles. The van der Waals surface area contributed by atoms with Crippen molar-refractivity contribution in [1.29, 1.82) is 0 Å². The van der Waals surface area contributed by atoms with Crippen molar-refractivity contribution in [2.45, 2.75) is 50.7 Å². The van der Waals surface area contributed by atoms with Crippen LogP contribution in [0.4, 0.5) is 5.69 Å². The molecule has 0 atom stereocenters. The van der Waals surface area contributed by atoms with Crippen molar-refractivity contribution in [2.75, 3.05) is 24.5 Å². The minimum absolute atomic E-state index is 0.0372. The topological polar surface area (TPSA) is 48.4 Å². The maximum atomic E-state index is 9.55. The van der Waals surface area contributed by atoms with E-state index in [4.69, 9.17) is 0 Å². The summed E-state index contributed by atoms with van der Waals surface area (Å²) in [5.41, 5.74) is 1.30. The van der Waals surface area contributed by atoms with E-state index < -0.39 is 0 Å². The summed E-state index contributed by atoms with van der Waals surface area (Å²) in [6.07, 6.45) is 10.5. The van der Waals surface area contributed by atoms with Crippen LogP contribution in [0.1, 0.15) is 38.5 Å². The maximum absolute atomic E-state index is 9.55. The fraction of sp³-hybridized carbons (Fsp3) is 0.706. The van der Waals surface area contributed by atoms with E-state index in [1.54, 1.807) is 0 Å². The molecule has 0 radical (unpaired) electrons. The van der Waals surface area contributed by atoms with E-state index in [2.05, 4.69) is 27.3 Å². The van der Waals surface area contributed by atoms with Gasteiger partial charge in [-0.1, -0.05) is 0 Å². The molecular weight excluding hydrogens is 262 g/mol. The smallest absolute Gasteiger partial charge is 0.0540 e. The minimum atomic E-state index is -0.0372. The second kappa shape index (κ2) is 7.23. The molecule has 1 saturated carbocycles. The Bertz CT molecular complexity index is 409. The normalized spacial score (nSPS) is 27.8. The zero-order valence-electron chi connectivity index (χ0n) is 12.7. The second-order valence-electron chi connectivity index (χ2n) is 6.55. The van der Waals surface area contributed by atoms with Crippen molar-refractivity contribution >= 4 is 5.69 Å². The number of anilines is 1. The van der Waals surface area contributed by atoms with E-state index in [1.807, 2.05) is 12.4 Å². The van der Waals surface area contributed by atoms with E-state index in [1.165, 1.54) is 31.4 Å². The van der Waals surface area contributed by atoms with Crippen LogP contribution in [-0.4, -0.2) is 41.9 Å². The molecule has 0 amide bonds. The molecule has 0 bridgehead atoms. The first-order valence-corrected chi connectivity index (χ1v) is 8.37. The molecular formula is C17H27N3O. The van der Waals surface area contributed by atoms with Crippen molar-refractivity contribution in [1.82, 2.24) is 10.3 Å². The van der Waals surface area contributed by atoms with Crippen LogP contribution in [0.15, 0.2) is 24.5 Å². The van der Waals surface area contributed by atoms with Gasteiger partial charge in [0.2, 0.25) is 0 Å². The molecule has 2 N–H and O–H groups in total. The fourth-order valence-corrected chi connectivity index (χ4v) is 3.58. The van der Waals surface area contributed by atoms with Crippen LogP contribution in [0.25, 0.3) is 0 Å². The summed E-state index contributed by atoms with van der Waals surface area (Å²) in [5, 5.41) is 13.3. The Morgan fingerprint density at radius 2 is 1.71 bits per heavy atom. The minimum Gasteiger partial charge on any atom is -0.393 e. The SMILES string of the molecule is OC1CCC(CNC2CCN(c3ccncc3)CC2)CC1. The average Bonchev–Trinajstić information content (AvgIpc) is 2.56. The third-order valence-corrected chi connectivity index (χ3v) is 5.03. The third-order valence-electron chi connectivity index (χ3n) is 5.03. The van der Waals surface area contributed by atoms with E-state index in [0.717, 1.165) is 38.4 Å². The summed E-state index contributed by atoms with van der Waals surface area (Å²) >= 11 is 0. The number of nitrogens with one attached hydrogen (secondary N) is 1. The fourth-order valence-electron chi connectivity index (χ4n) is 3.58. The molecule has 116 valence electrons. The van der Waals surface area contributed by atoms with E-state index in [-0.39, 0.29) is 6.10 Å². The highest BCUT2D eigenvalue weighted by Gasteiger charge is 2.22. The zero-order chi connectivity index (χ0) is 14.5. The molecule has 0 spiro atoms. The van der Waals surface area contributed by atoms with Gasteiger partial charge in [0.1, 0.15) is 0 Å². The van der Waals surface area contributed by atoms with Gasteiger partial charge in [-0.2, -0.15) is 0 Å². The highest BCUT2D eigenvalue weighted by atomic mass is 16.3. The largest absolute Gasteiger partial charge is 0.393 e. The number of piperidine rings is 1. The van der Waals surface area contributed by atoms with Gasteiger partial charge < -0.3 is 15.3 Å². The Morgan fingerprint density at radius 3 is 2.38 bits per heavy atom. The summed E-state index contributed by atoms with van der Waals surface area (Å²) in [7, 11) is 0. The molecule has 2 fully saturated rings. The van der Waals surface area contributed by atoms with Crippen LogP contribution in [-0.2, 0) is 0 Å². The van der Waals surface area contributed by atoms with Crippen molar-refractivity contribution < 1.29 is 5.11 Å². The average molecular weight is 289 g/mol. The van der Waals surface area contributed by atoms with Crippen molar-refractivity contribution in [2.24, 2.45) is 5.92 Å². The Kier molecular flexibility index (Phi) is 5.09. The number of aliphatic hydroxyl groups excluding tert-OH is 1. The molecule has 1 aliphatic carbocycles. The molecule has 4 heteroatoms. The van der Waals surface area contributed by atoms with Crippen LogP contribution in [0.5, 0.6) is 0 Å². The maximum Gasteiger partial charge on any atom is 0.0540 e. The Labute approximate surface area is 127 Å². The molecule has 2 heterocycles. The van der Waals surface area contributed by atoms with Gasteiger partial charge in [0.25, 0.3) is 0 Å². The number of nitrogens with zero attached hydrogens (tertiary/aromatic N) is 2. The molecule has 1 aromatic rings.